The Morgan fingerprint density at radius 1 is 1.44 bits per heavy atom. The number of imidazole rings is 1. The van der Waals surface area contributed by atoms with E-state index in [0.717, 1.165) is 11.5 Å². The Kier molecular flexibility index (Phi) is 3.22. The molecule has 0 saturated carbocycles. The summed E-state index contributed by atoms with van der Waals surface area (Å²) in [6, 6.07) is 7.43. The molecule has 0 aliphatic heterocycles. The molecule has 2 aromatic rings. The first-order valence-electron chi connectivity index (χ1n) is 4.78. The summed E-state index contributed by atoms with van der Waals surface area (Å²) in [5.41, 5.74) is 3.64. The Morgan fingerprint density at radius 3 is 2.94 bits per heavy atom. The summed E-state index contributed by atoms with van der Waals surface area (Å²) in [6.07, 6.45) is 5.22. The van der Waals surface area contributed by atoms with Crippen LogP contribution in [-0.4, -0.2) is 15.8 Å². The van der Waals surface area contributed by atoms with Crippen molar-refractivity contribution >= 4 is 23.5 Å². The third-order valence-electron chi connectivity index (χ3n) is 2.10. The number of aromatic nitrogens is 2. The number of hydrazone groups is 1. The minimum Gasteiger partial charge on any atom is -0.333 e. The molecule has 0 aliphatic rings. The van der Waals surface area contributed by atoms with Crippen LogP contribution in [0.15, 0.2) is 41.8 Å². The second-order valence-electron chi connectivity index (χ2n) is 3.25. The zero-order chi connectivity index (χ0) is 11.4. The molecule has 0 aliphatic carbocycles. The molecule has 1 aromatic carbocycles. The van der Waals surface area contributed by atoms with Crippen LogP contribution in [0.1, 0.15) is 5.82 Å². The highest BCUT2D eigenvalue weighted by Crippen LogP contribution is 2.19. The Morgan fingerprint density at radius 2 is 2.25 bits per heavy atom. The molecule has 1 N–H and O–H groups in total. The van der Waals surface area contributed by atoms with Crippen molar-refractivity contribution in [1.82, 2.24) is 9.55 Å². The maximum Gasteiger partial charge on any atom is 0.152 e. The van der Waals surface area contributed by atoms with Gasteiger partial charge in [0.05, 0.1) is 16.9 Å². The second kappa shape index (κ2) is 4.81. The van der Waals surface area contributed by atoms with Crippen molar-refractivity contribution in [3.63, 3.8) is 0 Å². The standard InChI is InChI=1S/C11H11ClN4/c1-16-7-6-13-11(16)8-14-15-10-5-3-2-4-9(10)12/h2-8,15H,1H3/b14-8-. The molecular formula is C11H11ClN4. The molecule has 1 heterocycles. The molecule has 4 nitrogen and oxygen atoms in total. The van der Waals surface area contributed by atoms with Gasteiger partial charge in [-0.05, 0) is 12.1 Å². The third-order valence-corrected chi connectivity index (χ3v) is 2.43. The first-order chi connectivity index (χ1) is 7.77. The molecule has 0 fully saturated rings. The van der Waals surface area contributed by atoms with E-state index >= 15 is 0 Å². The molecular weight excluding hydrogens is 224 g/mol. The summed E-state index contributed by atoms with van der Waals surface area (Å²) in [5, 5.41) is 4.70. The SMILES string of the molecule is Cn1ccnc1/C=N\Nc1ccccc1Cl. The van der Waals surface area contributed by atoms with Crippen molar-refractivity contribution < 1.29 is 0 Å². The summed E-state index contributed by atoms with van der Waals surface area (Å²) in [4.78, 5) is 4.11. The Bertz CT molecular complexity index is 504. The van der Waals surface area contributed by atoms with Crippen LogP contribution in [0.25, 0.3) is 0 Å². The van der Waals surface area contributed by atoms with Crippen LogP contribution in [0.5, 0.6) is 0 Å². The van der Waals surface area contributed by atoms with E-state index in [1.165, 1.54) is 0 Å². The predicted molar refractivity (Wildman–Crippen MR) is 65.9 cm³/mol. The number of nitrogens with zero attached hydrogens (tertiary/aromatic N) is 3. The van der Waals surface area contributed by atoms with Crippen molar-refractivity contribution in [3.05, 3.63) is 47.5 Å². The van der Waals surface area contributed by atoms with Gasteiger partial charge in [-0.25, -0.2) is 4.98 Å². The fourth-order valence-corrected chi connectivity index (χ4v) is 1.39. The van der Waals surface area contributed by atoms with Crippen molar-refractivity contribution in [1.29, 1.82) is 0 Å². The van der Waals surface area contributed by atoms with Gasteiger partial charge < -0.3 is 4.57 Å². The highest BCUT2D eigenvalue weighted by molar-refractivity contribution is 6.33. The van der Waals surface area contributed by atoms with Crippen molar-refractivity contribution in [2.45, 2.75) is 0 Å². The second-order valence-corrected chi connectivity index (χ2v) is 3.65. The van der Waals surface area contributed by atoms with E-state index in [4.69, 9.17) is 11.6 Å². The fourth-order valence-electron chi connectivity index (χ4n) is 1.21. The van der Waals surface area contributed by atoms with E-state index in [9.17, 15) is 0 Å². The molecule has 1 aromatic heterocycles. The number of aryl methyl sites for hydroxylation is 1. The molecule has 2 rings (SSSR count). The number of rotatable bonds is 3. The number of halogens is 1. The largest absolute Gasteiger partial charge is 0.333 e. The maximum atomic E-state index is 5.96. The van der Waals surface area contributed by atoms with Crippen LogP contribution in [0, 0.1) is 0 Å². The van der Waals surface area contributed by atoms with Crippen molar-refractivity contribution in [2.75, 3.05) is 5.43 Å². The van der Waals surface area contributed by atoms with Crippen LogP contribution < -0.4 is 5.43 Å². The zero-order valence-electron chi connectivity index (χ0n) is 8.76. The third kappa shape index (κ3) is 2.41. The molecule has 0 radical (unpaired) electrons. The number of hydrogen-bond acceptors (Lipinski definition) is 3. The molecule has 0 amide bonds. The van der Waals surface area contributed by atoms with Crippen LogP contribution in [-0.2, 0) is 7.05 Å². The smallest absolute Gasteiger partial charge is 0.152 e. The average Bonchev–Trinajstić information content (AvgIpc) is 2.67. The van der Waals surface area contributed by atoms with E-state index in [1.54, 1.807) is 18.5 Å². The molecule has 82 valence electrons. The van der Waals surface area contributed by atoms with Crippen molar-refractivity contribution in [2.24, 2.45) is 12.1 Å². The summed E-state index contributed by atoms with van der Waals surface area (Å²) in [7, 11) is 1.91. The lowest BCUT2D eigenvalue weighted by Crippen LogP contribution is -1.97. The molecule has 0 bridgehead atoms. The molecule has 0 atom stereocenters. The lowest BCUT2D eigenvalue weighted by molar-refractivity contribution is 0.901. The molecule has 5 heteroatoms. The van der Waals surface area contributed by atoms with Crippen LogP contribution in [0.3, 0.4) is 0 Å². The maximum absolute atomic E-state index is 5.96. The zero-order valence-corrected chi connectivity index (χ0v) is 9.52. The Hall–Kier alpha value is -1.81. The number of anilines is 1. The monoisotopic (exact) mass is 234 g/mol. The number of nitrogens with one attached hydrogen (secondary N) is 1. The van der Waals surface area contributed by atoms with E-state index in [2.05, 4.69) is 15.5 Å². The lowest BCUT2D eigenvalue weighted by atomic mass is 10.3. The Labute approximate surface area is 98.6 Å². The first kappa shape index (κ1) is 10.7. The van der Waals surface area contributed by atoms with Gasteiger partial charge >= 0.3 is 0 Å². The lowest BCUT2D eigenvalue weighted by Gasteiger charge is -2.01. The van der Waals surface area contributed by atoms with Gasteiger partial charge in [-0.3, -0.25) is 5.43 Å². The van der Waals surface area contributed by atoms with E-state index < -0.39 is 0 Å². The van der Waals surface area contributed by atoms with Gasteiger partial charge in [-0.15, -0.1) is 0 Å². The van der Waals surface area contributed by atoms with E-state index in [0.29, 0.717) is 5.02 Å². The van der Waals surface area contributed by atoms with E-state index in [1.807, 2.05) is 36.0 Å². The summed E-state index contributed by atoms with van der Waals surface area (Å²) < 4.78 is 1.87. The number of benzene rings is 1. The summed E-state index contributed by atoms with van der Waals surface area (Å²) in [5.74, 6) is 0.777. The first-order valence-corrected chi connectivity index (χ1v) is 5.16. The molecule has 0 spiro atoms. The van der Waals surface area contributed by atoms with Crippen LogP contribution >= 0.6 is 11.6 Å². The number of para-hydroxylation sites is 1. The van der Waals surface area contributed by atoms with Gasteiger partial charge in [0.1, 0.15) is 0 Å². The highest BCUT2D eigenvalue weighted by Gasteiger charge is 1.96. The molecule has 0 saturated heterocycles. The number of hydrogen-bond donors (Lipinski definition) is 1. The normalized spacial score (nSPS) is 10.9. The minimum absolute atomic E-state index is 0.638. The highest BCUT2D eigenvalue weighted by atomic mass is 35.5. The van der Waals surface area contributed by atoms with Gasteiger partial charge in [-0.2, -0.15) is 5.10 Å². The van der Waals surface area contributed by atoms with Crippen LogP contribution in [0.4, 0.5) is 5.69 Å². The average molecular weight is 235 g/mol. The summed E-state index contributed by atoms with van der Waals surface area (Å²) in [6.45, 7) is 0. The topological polar surface area (TPSA) is 42.2 Å². The quantitative estimate of drug-likeness (QED) is 0.655. The van der Waals surface area contributed by atoms with Gasteiger partial charge in [0.15, 0.2) is 5.82 Å². The fraction of sp³-hybridized carbons (Fsp3) is 0.0909. The van der Waals surface area contributed by atoms with Gasteiger partial charge in [0.2, 0.25) is 0 Å². The Balaban J connectivity index is 2.06. The molecule has 16 heavy (non-hydrogen) atoms. The molecule has 0 unspecified atom stereocenters. The van der Waals surface area contributed by atoms with Crippen molar-refractivity contribution in [3.8, 4) is 0 Å². The van der Waals surface area contributed by atoms with Gasteiger partial charge in [0.25, 0.3) is 0 Å². The minimum atomic E-state index is 0.638. The summed E-state index contributed by atoms with van der Waals surface area (Å²) >= 11 is 5.96. The predicted octanol–water partition coefficient (Wildman–Crippen LogP) is 2.52. The van der Waals surface area contributed by atoms with Crippen LogP contribution in [0.2, 0.25) is 5.02 Å². The van der Waals surface area contributed by atoms with Gasteiger partial charge in [-0.1, -0.05) is 23.7 Å². The van der Waals surface area contributed by atoms with Gasteiger partial charge in [0, 0.05) is 19.4 Å². The van der Waals surface area contributed by atoms with E-state index in [-0.39, 0.29) is 0 Å².